The number of alkyl halides is 3. The van der Waals surface area contributed by atoms with Crippen LogP contribution >= 0.6 is 11.3 Å². The minimum atomic E-state index is -4.48. The first-order valence-electron chi connectivity index (χ1n) is 9.33. The number of methoxy groups -OCH3 is 1. The largest absolute Gasteiger partial charge is 0.416 e. The number of halogens is 3. The average Bonchev–Trinajstić information content (AvgIpc) is 3.47. The molecule has 0 bridgehead atoms. The SMILES string of the molecule is COCC1CCN(C(=O)c2nc(-c3cccs3)n(-c3cccc(C(F)(F)F)c3)n2)C1. The van der Waals surface area contributed by atoms with E-state index in [1.54, 1.807) is 18.1 Å². The molecule has 0 spiro atoms. The Morgan fingerprint density at radius 1 is 1.30 bits per heavy atom. The zero-order valence-corrected chi connectivity index (χ0v) is 16.9. The summed E-state index contributed by atoms with van der Waals surface area (Å²) in [7, 11) is 1.62. The number of benzene rings is 1. The van der Waals surface area contributed by atoms with Gasteiger partial charge in [-0.25, -0.2) is 9.67 Å². The van der Waals surface area contributed by atoms with Crippen molar-refractivity contribution >= 4 is 17.2 Å². The van der Waals surface area contributed by atoms with Crippen LogP contribution in [0.25, 0.3) is 16.4 Å². The van der Waals surface area contributed by atoms with Gasteiger partial charge in [0.05, 0.1) is 22.7 Å². The van der Waals surface area contributed by atoms with Gasteiger partial charge < -0.3 is 9.64 Å². The molecule has 30 heavy (non-hydrogen) atoms. The van der Waals surface area contributed by atoms with E-state index in [-0.39, 0.29) is 23.3 Å². The molecule has 0 radical (unpaired) electrons. The summed E-state index contributed by atoms with van der Waals surface area (Å²) in [5, 5.41) is 6.13. The molecule has 0 saturated carbocycles. The van der Waals surface area contributed by atoms with Gasteiger partial charge >= 0.3 is 6.18 Å². The Bertz CT molecular complexity index is 1030. The fraction of sp³-hybridized carbons (Fsp3) is 0.350. The minimum Gasteiger partial charge on any atom is -0.384 e. The average molecular weight is 436 g/mol. The molecule has 1 aliphatic heterocycles. The van der Waals surface area contributed by atoms with Crippen LogP contribution in [-0.2, 0) is 10.9 Å². The Labute approximate surface area is 174 Å². The Kier molecular flexibility index (Phi) is 5.61. The molecule has 4 rings (SSSR count). The lowest BCUT2D eigenvalue weighted by molar-refractivity contribution is -0.137. The van der Waals surface area contributed by atoms with Crippen LogP contribution in [0.1, 0.15) is 22.6 Å². The molecule has 2 aromatic heterocycles. The Balaban J connectivity index is 1.71. The topological polar surface area (TPSA) is 60.2 Å². The third kappa shape index (κ3) is 4.10. The van der Waals surface area contributed by atoms with Crippen LogP contribution in [0.3, 0.4) is 0 Å². The first-order chi connectivity index (χ1) is 14.4. The predicted octanol–water partition coefficient (Wildman–Crippen LogP) is 4.12. The molecule has 3 aromatic rings. The Hall–Kier alpha value is -2.72. The fourth-order valence-corrected chi connectivity index (χ4v) is 4.19. The number of hydrogen-bond acceptors (Lipinski definition) is 5. The summed E-state index contributed by atoms with van der Waals surface area (Å²) >= 11 is 1.37. The molecule has 1 atom stereocenters. The molecule has 1 aliphatic rings. The lowest BCUT2D eigenvalue weighted by Crippen LogP contribution is -2.30. The molecule has 0 N–H and O–H groups in total. The number of nitrogens with zero attached hydrogens (tertiary/aromatic N) is 4. The number of rotatable bonds is 5. The zero-order valence-electron chi connectivity index (χ0n) is 16.1. The van der Waals surface area contributed by atoms with Crippen LogP contribution in [0.5, 0.6) is 0 Å². The van der Waals surface area contributed by atoms with Gasteiger partial charge in [0.1, 0.15) is 0 Å². The van der Waals surface area contributed by atoms with Crippen LogP contribution in [-0.4, -0.2) is 52.4 Å². The van der Waals surface area contributed by atoms with Crippen LogP contribution < -0.4 is 0 Å². The molecule has 1 unspecified atom stereocenters. The third-order valence-corrected chi connectivity index (χ3v) is 5.80. The summed E-state index contributed by atoms with van der Waals surface area (Å²) in [5.74, 6) is 0.215. The number of thiophene rings is 1. The normalized spacial score (nSPS) is 16.9. The second kappa shape index (κ2) is 8.19. The van der Waals surface area contributed by atoms with Gasteiger partial charge in [0, 0.05) is 26.1 Å². The third-order valence-electron chi connectivity index (χ3n) is 4.93. The monoisotopic (exact) mass is 436 g/mol. The second-order valence-corrected chi connectivity index (χ2v) is 8.01. The van der Waals surface area contributed by atoms with Gasteiger partial charge in [-0.2, -0.15) is 13.2 Å². The van der Waals surface area contributed by atoms with Crippen LogP contribution in [0, 0.1) is 5.92 Å². The highest BCUT2D eigenvalue weighted by Gasteiger charge is 2.32. The van der Waals surface area contributed by atoms with E-state index in [9.17, 15) is 18.0 Å². The van der Waals surface area contributed by atoms with Crippen LogP contribution in [0.2, 0.25) is 0 Å². The molecule has 6 nitrogen and oxygen atoms in total. The summed E-state index contributed by atoms with van der Waals surface area (Å²) in [6.07, 6.45) is -3.66. The lowest BCUT2D eigenvalue weighted by Gasteiger charge is -2.14. The number of carbonyl (C=O) groups is 1. The van der Waals surface area contributed by atoms with Crippen molar-refractivity contribution < 1.29 is 22.7 Å². The maximum atomic E-state index is 13.2. The van der Waals surface area contributed by atoms with E-state index in [0.717, 1.165) is 18.6 Å². The standard InChI is InChI=1S/C20H19F3N4O2S/c1-29-12-13-7-8-26(11-13)19(28)17-24-18(16-6-3-9-30-16)27(25-17)15-5-2-4-14(10-15)20(21,22)23/h2-6,9-10,13H,7-8,11-12H2,1H3. The summed E-state index contributed by atoms with van der Waals surface area (Å²) in [5.41, 5.74) is -0.596. The van der Waals surface area contributed by atoms with Crippen molar-refractivity contribution in [2.45, 2.75) is 12.6 Å². The van der Waals surface area contributed by atoms with Gasteiger partial charge in [-0.15, -0.1) is 16.4 Å². The number of amides is 1. The molecular weight excluding hydrogens is 417 g/mol. The van der Waals surface area contributed by atoms with Crippen molar-refractivity contribution in [1.29, 1.82) is 0 Å². The molecule has 158 valence electrons. The fourth-order valence-electron chi connectivity index (χ4n) is 3.49. The first-order valence-corrected chi connectivity index (χ1v) is 10.2. The smallest absolute Gasteiger partial charge is 0.384 e. The highest BCUT2D eigenvalue weighted by atomic mass is 32.1. The number of aromatic nitrogens is 3. The van der Waals surface area contributed by atoms with Crippen molar-refractivity contribution in [1.82, 2.24) is 19.7 Å². The van der Waals surface area contributed by atoms with E-state index in [2.05, 4.69) is 10.1 Å². The van der Waals surface area contributed by atoms with E-state index in [4.69, 9.17) is 4.74 Å². The van der Waals surface area contributed by atoms with Crippen molar-refractivity contribution in [3.63, 3.8) is 0 Å². The number of ether oxygens (including phenoxy) is 1. The molecule has 1 saturated heterocycles. The van der Waals surface area contributed by atoms with Crippen molar-refractivity contribution in [2.24, 2.45) is 5.92 Å². The van der Waals surface area contributed by atoms with E-state index >= 15 is 0 Å². The maximum Gasteiger partial charge on any atom is 0.416 e. The predicted molar refractivity (Wildman–Crippen MR) is 106 cm³/mol. The molecular formula is C20H19F3N4O2S. The quantitative estimate of drug-likeness (QED) is 0.604. The summed E-state index contributed by atoms with van der Waals surface area (Å²) in [6.45, 7) is 1.68. The molecule has 3 heterocycles. The number of hydrogen-bond donors (Lipinski definition) is 0. The van der Waals surface area contributed by atoms with Crippen LogP contribution in [0.15, 0.2) is 41.8 Å². The Morgan fingerprint density at radius 3 is 2.83 bits per heavy atom. The van der Waals surface area contributed by atoms with Gasteiger partial charge in [-0.3, -0.25) is 4.79 Å². The second-order valence-electron chi connectivity index (χ2n) is 7.06. The van der Waals surface area contributed by atoms with Gasteiger partial charge in [-0.05, 0) is 36.1 Å². The van der Waals surface area contributed by atoms with E-state index < -0.39 is 11.7 Å². The van der Waals surface area contributed by atoms with E-state index in [1.807, 2.05) is 11.4 Å². The molecule has 0 aliphatic carbocycles. The van der Waals surface area contributed by atoms with Crippen molar-refractivity contribution in [3.05, 3.63) is 53.2 Å². The summed E-state index contributed by atoms with van der Waals surface area (Å²) in [6, 6.07) is 8.43. The maximum absolute atomic E-state index is 13.2. The summed E-state index contributed by atoms with van der Waals surface area (Å²) < 4.78 is 46.0. The Morgan fingerprint density at radius 2 is 2.13 bits per heavy atom. The van der Waals surface area contributed by atoms with Gasteiger partial charge in [0.25, 0.3) is 5.91 Å². The van der Waals surface area contributed by atoms with Gasteiger partial charge in [-0.1, -0.05) is 12.1 Å². The van der Waals surface area contributed by atoms with Crippen molar-refractivity contribution in [2.75, 3.05) is 26.8 Å². The molecule has 1 amide bonds. The zero-order chi connectivity index (χ0) is 21.3. The molecule has 1 aromatic carbocycles. The molecule has 1 fully saturated rings. The van der Waals surface area contributed by atoms with Crippen molar-refractivity contribution in [3.8, 4) is 16.4 Å². The van der Waals surface area contributed by atoms with Crippen LogP contribution in [0.4, 0.5) is 13.2 Å². The molecule has 10 heteroatoms. The number of carbonyl (C=O) groups excluding carboxylic acids is 1. The van der Waals surface area contributed by atoms with Gasteiger partial charge in [0.15, 0.2) is 5.82 Å². The van der Waals surface area contributed by atoms with Gasteiger partial charge in [0.2, 0.25) is 5.82 Å². The minimum absolute atomic E-state index is 0.0334. The van der Waals surface area contributed by atoms with E-state index in [0.29, 0.717) is 30.4 Å². The van der Waals surface area contributed by atoms with E-state index in [1.165, 1.54) is 28.2 Å². The first kappa shape index (κ1) is 20.5. The highest BCUT2D eigenvalue weighted by molar-refractivity contribution is 7.13. The highest BCUT2D eigenvalue weighted by Crippen LogP contribution is 2.32. The summed E-state index contributed by atoms with van der Waals surface area (Å²) in [4.78, 5) is 19.7. The lowest BCUT2D eigenvalue weighted by atomic mass is 10.1. The number of likely N-dealkylation sites (tertiary alicyclic amines) is 1.